The summed E-state index contributed by atoms with van der Waals surface area (Å²) in [5, 5.41) is 3.21. The van der Waals surface area contributed by atoms with Gasteiger partial charge in [-0.1, -0.05) is 45.9 Å². The molecule has 1 heterocycles. The highest BCUT2D eigenvalue weighted by Crippen LogP contribution is 2.37. The van der Waals surface area contributed by atoms with Gasteiger partial charge in [-0.25, -0.2) is 4.98 Å². The second-order valence-electron chi connectivity index (χ2n) is 4.33. The van der Waals surface area contributed by atoms with E-state index < -0.39 is 0 Å². The van der Waals surface area contributed by atoms with Gasteiger partial charge < -0.3 is 5.32 Å². The van der Waals surface area contributed by atoms with Crippen molar-refractivity contribution < 1.29 is 0 Å². The van der Waals surface area contributed by atoms with Crippen LogP contribution in [0.2, 0.25) is 0 Å². The molecular weight excluding hydrogens is 352 g/mol. The van der Waals surface area contributed by atoms with Crippen molar-refractivity contribution >= 4 is 49.2 Å². The molecule has 0 unspecified atom stereocenters. The molecule has 2 aromatic carbocycles. The van der Waals surface area contributed by atoms with Gasteiger partial charge in [0.05, 0.1) is 10.2 Å². The van der Waals surface area contributed by atoms with E-state index in [1.54, 1.807) is 23.1 Å². The lowest BCUT2D eigenvalue weighted by Crippen LogP contribution is -2.05. The Bertz CT molecular complexity index is 707. The minimum absolute atomic E-state index is 0.862. The maximum absolute atomic E-state index is 4.68. The molecule has 102 valence electrons. The summed E-state index contributed by atoms with van der Waals surface area (Å²) in [6, 6.07) is 14.6. The second-order valence-corrected chi connectivity index (χ2v) is 7.57. The second kappa shape index (κ2) is 6.26. The van der Waals surface area contributed by atoms with Crippen molar-refractivity contribution in [1.82, 2.24) is 10.3 Å². The van der Waals surface area contributed by atoms with Crippen LogP contribution in [0.4, 0.5) is 0 Å². The van der Waals surface area contributed by atoms with Gasteiger partial charge in [-0.2, -0.15) is 0 Å². The predicted molar refractivity (Wildman–Crippen MR) is 90.6 cm³/mol. The van der Waals surface area contributed by atoms with Crippen molar-refractivity contribution in [2.24, 2.45) is 0 Å². The minimum atomic E-state index is 0.862. The van der Waals surface area contributed by atoms with Gasteiger partial charge in [0, 0.05) is 15.9 Å². The fourth-order valence-corrected chi connectivity index (χ4v) is 4.65. The maximum Gasteiger partial charge on any atom is 0.155 e. The number of nitrogens with zero attached hydrogens (tertiary/aromatic N) is 1. The van der Waals surface area contributed by atoms with Gasteiger partial charge in [0.2, 0.25) is 0 Å². The largest absolute Gasteiger partial charge is 0.316 e. The third-order valence-electron chi connectivity index (χ3n) is 2.87. The Kier molecular flexibility index (Phi) is 4.41. The van der Waals surface area contributed by atoms with Crippen molar-refractivity contribution in [2.45, 2.75) is 15.8 Å². The van der Waals surface area contributed by atoms with Crippen molar-refractivity contribution in [1.29, 1.82) is 0 Å². The minimum Gasteiger partial charge on any atom is -0.316 e. The van der Waals surface area contributed by atoms with Gasteiger partial charge in [-0.15, -0.1) is 11.3 Å². The molecule has 0 fully saturated rings. The average Bonchev–Trinajstić information content (AvgIpc) is 2.84. The molecule has 1 aromatic heterocycles. The zero-order valence-electron chi connectivity index (χ0n) is 10.9. The molecule has 0 aliphatic heterocycles. The Morgan fingerprint density at radius 1 is 1.25 bits per heavy atom. The van der Waals surface area contributed by atoms with E-state index in [4.69, 9.17) is 0 Å². The molecule has 2 nitrogen and oxygen atoms in total. The molecule has 0 spiro atoms. The average molecular weight is 365 g/mol. The summed E-state index contributed by atoms with van der Waals surface area (Å²) < 4.78 is 3.42. The smallest absolute Gasteiger partial charge is 0.155 e. The number of aromatic nitrogens is 1. The number of para-hydroxylation sites is 1. The van der Waals surface area contributed by atoms with Crippen LogP contribution in [0, 0.1) is 0 Å². The summed E-state index contributed by atoms with van der Waals surface area (Å²) in [5.74, 6) is 0. The summed E-state index contributed by atoms with van der Waals surface area (Å²) in [4.78, 5) is 5.93. The van der Waals surface area contributed by atoms with Crippen LogP contribution in [-0.2, 0) is 6.54 Å². The number of nitrogens with one attached hydrogen (secondary N) is 1. The van der Waals surface area contributed by atoms with E-state index in [1.165, 1.54) is 15.2 Å². The number of thiazole rings is 1. The SMILES string of the molecule is CNCc1ccc(Br)cc1Sc1nc2ccccc2s1. The normalized spacial score (nSPS) is 11.1. The van der Waals surface area contributed by atoms with E-state index in [0.29, 0.717) is 0 Å². The molecule has 1 N–H and O–H groups in total. The molecule has 0 aliphatic rings. The van der Waals surface area contributed by atoms with Gasteiger partial charge in [-0.3, -0.25) is 0 Å². The van der Waals surface area contributed by atoms with E-state index in [1.807, 2.05) is 13.1 Å². The maximum atomic E-state index is 4.68. The number of hydrogen-bond acceptors (Lipinski definition) is 4. The molecule has 0 amide bonds. The summed E-state index contributed by atoms with van der Waals surface area (Å²) in [5.41, 5.74) is 2.37. The van der Waals surface area contributed by atoms with Crippen LogP contribution in [0.25, 0.3) is 10.2 Å². The predicted octanol–water partition coefficient (Wildman–Crippen LogP) is 4.93. The first kappa shape index (κ1) is 14.1. The Morgan fingerprint density at radius 2 is 2.10 bits per heavy atom. The van der Waals surface area contributed by atoms with E-state index in [9.17, 15) is 0 Å². The summed E-state index contributed by atoms with van der Waals surface area (Å²) in [6.07, 6.45) is 0. The van der Waals surface area contributed by atoms with Crippen LogP contribution in [0.5, 0.6) is 0 Å². The van der Waals surface area contributed by atoms with E-state index >= 15 is 0 Å². The van der Waals surface area contributed by atoms with E-state index in [0.717, 1.165) is 20.9 Å². The lowest BCUT2D eigenvalue weighted by Gasteiger charge is -2.07. The highest BCUT2D eigenvalue weighted by Gasteiger charge is 2.09. The highest BCUT2D eigenvalue weighted by molar-refractivity contribution is 9.10. The molecule has 20 heavy (non-hydrogen) atoms. The highest BCUT2D eigenvalue weighted by atomic mass is 79.9. The van der Waals surface area contributed by atoms with Crippen LogP contribution >= 0.6 is 39.0 Å². The molecule has 3 rings (SSSR count). The third kappa shape index (κ3) is 3.06. The van der Waals surface area contributed by atoms with Gasteiger partial charge in [0.15, 0.2) is 4.34 Å². The molecular formula is C15H13BrN2S2. The number of fused-ring (bicyclic) bond motifs is 1. The summed E-state index contributed by atoms with van der Waals surface area (Å²) >= 11 is 7.02. The molecule has 0 radical (unpaired) electrons. The summed E-state index contributed by atoms with van der Waals surface area (Å²) in [7, 11) is 1.97. The zero-order valence-corrected chi connectivity index (χ0v) is 14.1. The van der Waals surface area contributed by atoms with Gasteiger partial charge in [0.25, 0.3) is 0 Å². The summed E-state index contributed by atoms with van der Waals surface area (Å²) in [6.45, 7) is 0.862. The molecule has 0 saturated carbocycles. The monoisotopic (exact) mass is 364 g/mol. The van der Waals surface area contributed by atoms with Crippen LogP contribution in [-0.4, -0.2) is 12.0 Å². The lowest BCUT2D eigenvalue weighted by atomic mass is 10.2. The van der Waals surface area contributed by atoms with Gasteiger partial charge >= 0.3 is 0 Å². The van der Waals surface area contributed by atoms with Gasteiger partial charge in [0.1, 0.15) is 0 Å². The Labute approximate surface area is 134 Å². The Balaban J connectivity index is 1.95. The fourth-order valence-electron chi connectivity index (χ4n) is 1.95. The first-order chi connectivity index (χ1) is 9.76. The van der Waals surface area contributed by atoms with Crippen molar-refractivity contribution in [3.8, 4) is 0 Å². The van der Waals surface area contributed by atoms with Crippen molar-refractivity contribution in [3.63, 3.8) is 0 Å². The topological polar surface area (TPSA) is 24.9 Å². The lowest BCUT2D eigenvalue weighted by molar-refractivity contribution is 0.803. The first-order valence-electron chi connectivity index (χ1n) is 6.23. The Morgan fingerprint density at radius 3 is 2.90 bits per heavy atom. The molecule has 3 aromatic rings. The van der Waals surface area contributed by atoms with Crippen LogP contribution in [0.15, 0.2) is 56.2 Å². The number of rotatable bonds is 4. The number of benzene rings is 2. The van der Waals surface area contributed by atoms with Gasteiger partial charge in [-0.05, 0) is 36.9 Å². The van der Waals surface area contributed by atoms with E-state index in [-0.39, 0.29) is 0 Å². The standard InChI is InChI=1S/C15H13BrN2S2/c1-17-9-10-6-7-11(16)8-14(10)20-15-18-12-4-2-3-5-13(12)19-15/h2-8,17H,9H2,1H3. The first-order valence-corrected chi connectivity index (χ1v) is 8.65. The van der Waals surface area contributed by atoms with Crippen LogP contribution < -0.4 is 5.32 Å². The quantitative estimate of drug-likeness (QED) is 0.710. The van der Waals surface area contributed by atoms with Crippen LogP contribution in [0.1, 0.15) is 5.56 Å². The van der Waals surface area contributed by atoms with E-state index in [2.05, 4.69) is 62.6 Å². The van der Waals surface area contributed by atoms with Crippen LogP contribution in [0.3, 0.4) is 0 Å². The molecule has 0 saturated heterocycles. The molecule has 5 heteroatoms. The molecule has 0 bridgehead atoms. The third-order valence-corrected chi connectivity index (χ3v) is 5.56. The van der Waals surface area contributed by atoms with Crippen molar-refractivity contribution in [2.75, 3.05) is 7.05 Å². The zero-order chi connectivity index (χ0) is 13.9. The van der Waals surface area contributed by atoms with Crippen molar-refractivity contribution in [3.05, 3.63) is 52.5 Å². The fraction of sp³-hybridized carbons (Fsp3) is 0.133. The Hall–Kier alpha value is -0.880. The number of halogens is 1. The molecule has 0 atom stereocenters. The molecule has 0 aliphatic carbocycles. The number of hydrogen-bond donors (Lipinski definition) is 1.